The van der Waals surface area contributed by atoms with Crippen LogP contribution in [-0.2, 0) is 0 Å². The molecule has 1 N–H and O–H groups in total. The summed E-state index contributed by atoms with van der Waals surface area (Å²) in [5, 5.41) is 2.84. The van der Waals surface area contributed by atoms with Crippen LogP contribution in [0.15, 0.2) is 28.9 Å². The Morgan fingerprint density at radius 3 is 2.54 bits per heavy atom. The Morgan fingerprint density at radius 2 is 1.92 bits per heavy atom. The molecule has 26 heavy (non-hydrogen) atoms. The molecule has 0 aromatic carbocycles. The van der Waals surface area contributed by atoms with Crippen molar-refractivity contribution in [3.05, 3.63) is 41.7 Å². The van der Waals surface area contributed by atoms with E-state index in [0.717, 1.165) is 0 Å². The van der Waals surface area contributed by atoms with Gasteiger partial charge in [-0.05, 0) is 32.9 Å². The number of piperazine rings is 1. The summed E-state index contributed by atoms with van der Waals surface area (Å²) in [5.74, 6) is 1.29. The smallest absolute Gasteiger partial charge is 0.289 e. The third-order valence-corrected chi connectivity index (χ3v) is 4.10. The van der Waals surface area contributed by atoms with Gasteiger partial charge in [-0.3, -0.25) is 9.59 Å². The number of carbonyl (C=O) groups excluding carboxylic acids is 2. The lowest BCUT2D eigenvalue weighted by atomic mass is 10.2. The van der Waals surface area contributed by atoms with Crippen LogP contribution >= 0.6 is 0 Å². The zero-order valence-electron chi connectivity index (χ0n) is 15.2. The predicted octanol–water partition coefficient (Wildman–Crippen LogP) is 1.48. The van der Waals surface area contributed by atoms with Gasteiger partial charge in [0.05, 0.1) is 6.26 Å². The van der Waals surface area contributed by atoms with E-state index in [4.69, 9.17) is 4.42 Å². The third-order valence-electron chi connectivity index (χ3n) is 4.10. The summed E-state index contributed by atoms with van der Waals surface area (Å²) in [4.78, 5) is 37.1. The average Bonchev–Trinajstić information content (AvgIpc) is 3.15. The topological polar surface area (TPSA) is 91.6 Å². The Hall–Kier alpha value is -2.90. The van der Waals surface area contributed by atoms with Crippen molar-refractivity contribution in [3.8, 4) is 0 Å². The number of hydrogen-bond donors (Lipinski definition) is 1. The molecule has 0 spiro atoms. The molecule has 8 heteroatoms. The summed E-state index contributed by atoms with van der Waals surface area (Å²) in [6, 6.07) is 5.12. The maximum Gasteiger partial charge on any atom is 0.289 e. The molecule has 2 aromatic rings. The molecule has 0 atom stereocenters. The SMILES string of the molecule is Cc1nc(C(=O)NC(C)C)cc(N2CCN(C(=O)c3ccco3)CC2)n1. The predicted molar refractivity (Wildman–Crippen MR) is 96.2 cm³/mol. The van der Waals surface area contributed by atoms with Gasteiger partial charge in [0.15, 0.2) is 5.76 Å². The molecule has 1 aliphatic heterocycles. The van der Waals surface area contributed by atoms with E-state index in [0.29, 0.717) is 49.3 Å². The highest BCUT2D eigenvalue weighted by Gasteiger charge is 2.25. The van der Waals surface area contributed by atoms with Crippen LogP contribution in [0.4, 0.5) is 5.82 Å². The highest BCUT2D eigenvalue weighted by Crippen LogP contribution is 2.17. The minimum Gasteiger partial charge on any atom is -0.459 e. The maximum atomic E-state index is 12.3. The van der Waals surface area contributed by atoms with Gasteiger partial charge in [-0.15, -0.1) is 0 Å². The number of aryl methyl sites for hydroxylation is 1. The van der Waals surface area contributed by atoms with Gasteiger partial charge in [-0.25, -0.2) is 9.97 Å². The zero-order valence-corrected chi connectivity index (χ0v) is 15.2. The third kappa shape index (κ3) is 4.01. The summed E-state index contributed by atoms with van der Waals surface area (Å²) >= 11 is 0. The Morgan fingerprint density at radius 1 is 1.19 bits per heavy atom. The lowest BCUT2D eigenvalue weighted by molar-refractivity contribution is 0.0714. The molecule has 0 saturated carbocycles. The van der Waals surface area contributed by atoms with Gasteiger partial charge in [0.1, 0.15) is 17.3 Å². The molecule has 0 aliphatic carbocycles. The normalized spacial score (nSPS) is 14.6. The van der Waals surface area contributed by atoms with Gasteiger partial charge in [-0.2, -0.15) is 0 Å². The fourth-order valence-electron chi connectivity index (χ4n) is 2.86. The van der Waals surface area contributed by atoms with Gasteiger partial charge in [-0.1, -0.05) is 0 Å². The van der Waals surface area contributed by atoms with Crippen LogP contribution in [0.25, 0.3) is 0 Å². The summed E-state index contributed by atoms with van der Waals surface area (Å²) in [7, 11) is 0. The van der Waals surface area contributed by atoms with E-state index in [1.54, 1.807) is 30.0 Å². The summed E-state index contributed by atoms with van der Waals surface area (Å²) in [6.07, 6.45) is 1.50. The minimum atomic E-state index is -0.210. The first-order valence-corrected chi connectivity index (χ1v) is 8.68. The Bertz CT molecular complexity index is 780. The van der Waals surface area contributed by atoms with E-state index >= 15 is 0 Å². The van der Waals surface area contributed by atoms with Crippen LogP contribution in [-0.4, -0.2) is 58.9 Å². The number of carbonyl (C=O) groups is 2. The van der Waals surface area contributed by atoms with Crippen LogP contribution in [0.3, 0.4) is 0 Å². The average molecular weight is 357 g/mol. The van der Waals surface area contributed by atoms with Gasteiger partial charge in [0, 0.05) is 38.3 Å². The molecule has 8 nitrogen and oxygen atoms in total. The van der Waals surface area contributed by atoms with Crippen LogP contribution in [0.1, 0.15) is 40.7 Å². The molecular weight excluding hydrogens is 334 g/mol. The number of anilines is 1. The first-order chi connectivity index (χ1) is 12.4. The molecule has 0 radical (unpaired) electrons. The molecule has 2 amide bonds. The Labute approximate surface area is 152 Å². The first kappa shape index (κ1) is 17.9. The van der Waals surface area contributed by atoms with Crippen LogP contribution in [0, 0.1) is 6.92 Å². The van der Waals surface area contributed by atoms with Crippen molar-refractivity contribution in [2.24, 2.45) is 0 Å². The number of rotatable bonds is 4. The van der Waals surface area contributed by atoms with Crippen molar-refractivity contribution in [3.63, 3.8) is 0 Å². The van der Waals surface area contributed by atoms with Gasteiger partial charge < -0.3 is 19.5 Å². The van der Waals surface area contributed by atoms with E-state index < -0.39 is 0 Å². The fraction of sp³-hybridized carbons (Fsp3) is 0.444. The monoisotopic (exact) mass is 357 g/mol. The van der Waals surface area contributed by atoms with Crippen molar-refractivity contribution in [1.29, 1.82) is 0 Å². The largest absolute Gasteiger partial charge is 0.459 e. The van der Waals surface area contributed by atoms with Crippen molar-refractivity contribution < 1.29 is 14.0 Å². The first-order valence-electron chi connectivity index (χ1n) is 8.68. The van der Waals surface area contributed by atoms with E-state index in [9.17, 15) is 9.59 Å². The number of amides is 2. The summed E-state index contributed by atoms with van der Waals surface area (Å²) in [6.45, 7) is 7.98. The Balaban J connectivity index is 1.68. The number of nitrogens with zero attached hydrogens (tertiary/aromatic N) is 4. The molecule has 0 bridgehead atoms. The maximum absolute atomic E-state index is 12.3. The number of aromatic nitrogens is 2. The standard InChI is InChI=1S/C18H23N5O3/c1-12(2)19-17(24)14-11-16(21-13(3)20-14)22-6-8-23(9-7-22)18(25)15-5-4-10-26-15/h4-5,10-12H,6-9H2,1-3H3,(H,19,24). The second-order valence-corrected chi connectivity index (χ2v) is 6.54. The molecule has 0 unspecified atom stereocenters. The molecule has 3 heterocycles. The molecule has 1 saturated heterocycles. The summed E-state index contributed by atoms with van der Waals surface area (Å²) < 4.78 is 5.18. The molecule has 2 aromatic heterocycles. The molecule has 3 rings (SSSR count). The second kappa shape index (κ2) is 7.55. The van der Waals surface area contributed by atoms with Crippen molar-refractivity contribution >= 4 is 17.6 Å². The molecular formula is C18H23N5O3. The lowest BCUT2D eigenvalue weighted by Crippen LogP contribution is -2.49. The quantitative estimate of drug-likeness (QED) is 0.891. The van der Waals surface area contributed by atoms with E-state index in [1.165, 1.54) is 6.26 Å². The molecule has 138 valence electrons. The van der Waals surface area contributed by atoms with E-state index in [1.807, 2.05) is 13.8 Å². The highest BCUT2D eigenvalue weighted by molar-refractivity contribution is 5.93. The van der Waals surface area contributed by atoms with E-state index in [-0.39, 0.29) is 17.9 Å². The van der Waals surface area contributed by atoms with Crippen molar-refractivity contribution in [1.82, 2.24) is 20.2 Å². The molecule has 1 aliphatic rings. The number of furan rings is 1. The second-order valence-electron chi connectivity index (χ2n) is 6.54. The Kier molecular flexibility index (Phi) is 5.20. The molecule has 1 fully saturated rings. The minimum absolute atomic E-state index is 0.0392. The highest BCUT2D eigenvalue weighted by atomic mass is 16.3. The van der Waals surface area contributed by atoms with Crippen LogP contribution < -0.4 is 10.2 Å². The van der Waals surface area contributed by atoms with Crippen LogP contribution in [0.5, 0.6) is 0 Å². The summed E-state index contributed by atoms with van der Waals surface area (Å²) in [5.41, 5.74) is 0.357. The number of hydrogen-bond acceptors (Lipinski definition) is 6. The number of nitrogens with one attached hydrogen (secondary N) is 1. The van der Waals surface area contributed by atoms with E-state index in [2.05, 4.69) is 20.2 Å². The van der Waals surface area contributed by atoms with Crippen molar-refractivity contribution in [2.45, 2.75) is 26.8 Å². The van der Waals surface area contributed by atoms with Crippen LogP contribution in [0.2, 0.25) is 0 Å². The van der Waals surface area contributed by atoms with Gasteiger partial charge in [0.2, 0.25) is 0 Å². The fourth-order valence-corrected chi connectivity index (χ4v) is 2.86. The van der Waals surface area contributed by atoms with Crippen molar-refractivity contribution in [2.75, 3.05) is 31.1 Å². The van der Waals surface area contributed by atoms with Gasteiger partial charge in [0.25, 0.3) is 11.8 Å². The lowest BCUT2D eigenvalue weighted by Gasteiger charge is -2.35. The van der Waals surface area contributed by atoms with Gasteiger partial charge >= 0.3 is 0 Å². The zero-order chi connectivity index (χ0) is 18.7.